The van der Waals surface area contributed by atoms with Crippen LogP contribution in [0.25, 0.3) is 0 Å². The van der Waals surface area contributed by atoms with Gasteiger partial charge in [-0.05, 0) is 69.4 Å². The van der Waals surface area contributed by atoms with Crippen LogP contribution in [-0.2, 0) is 21.1 Å². The van der Waals surface area contributed by atoms with Gasteiger partial charge in [-0.1, -0.05) is 36.6 Å². The molecule has 3 aromatic carbocycles. The van der Waals surface area contributed by atoms with Crippen LogP contribution in [0.1, 0.15) is 61.6 Å². The molecule has 0 aromatic heterocycles. The minimum absolute atomic E-state index is 0.0244. The number of hydrogen-bond acceptors (Lipinski definition) is 6. The molecule has 3 aliphatic rings. The van der Waals surface area contributed by atoms with E-state index in [4.69, 9.17) is 18.4 Å². The molecule has 0 bridgehead atoms. The van der Waals surface area contributed by atoms with Gasteiger partial charge in [0.15, 0.2) is 5.75 Å². The molecular weight excluding hydrogens is 500 g/mol. The van der Waals surface area contributed by atoms with Gasteiger partial charge in [-0.25, -0.2) is 0 Å². The molecule has 0 unspecified atom stereocenters. The van der Waals surface area contributed by atoms with E-state index in [1.807, 2.05) is 31.2 Å². The number of methoxy groups -OCH3 is 2. The molecule has 0 saturated heterocycles. The number of aryl methyl sites for hydroxylation is 1. The summed E-state index contributed by atoms with van der Waals surface area (Å²) in [7, 11) is -0.849. The zero-order valence-corrected chi connectivity index (χ0v) is 23.0. The van der Waals surface area contributed by atoms with Crippen molar-refractivity contribution in [2.75, 3.05) is 14.2 Å². The summed E-state index contributed by atoms with van der Waals surface area (Å²) in [6.07, 6.45) is 7.32. The first-order valence-electron chi connectivity index (χ1n) is 13.4. The summed E-state index contributed by atoms with van der Waals surface area (Å²) >= 11 is 0. The number of fused-ring (bicyclic) bond motifs is 4. The lowest BCUT2D eigenvalue weighted by atomic mass is 9.60. The summed E-state index contributed by atoms with van der Waals surface area (Å²) in [6.45, 7) is 1.92. The first-order chi connectivity index (χ1) is 18.3. The molecule has 38 heavy (non-hydrogen) atoms. The van der Waals surface area contributed by atoms with Gasteiger partial charge in [0.25, 0.3) is 0 Å². The topological polar surface area (TPSA) is 71.1 Å². The molecule has 200 valence electrons. The minimum Gasteiger partial charge on any atom is -0.497 e. The van der Waals surface area contributed by atoms with Crippen LogP contribution in [0.3, 0.4) is 0 Å². The predicted octanol–water partition coefficient (Wildman–Crippen LogP) is 6.68. The van der Waals surface area contributed by atoms with Crippen molar-refractivity contribution in [3.63, 3.8) is 0 Å². The van der Waals surface area contributed by atoms with E-state index in [-0.39, 0.29) is 22.0 Å². The van der Waals surface area contributed by atoms with E-state index in [0.717, 1.165) is 54.7 Å². The van der Waals surface area contributed by atoms with E-state index in [1.165, 1.54) is 18.4 Å². The quantitative estimate of drug-likeness (QED) is 0.329. The third-order valence-corrected chi connectivity index (χ3v) is 10.2. The highest BCUT2D eigenvalue weighted by Gasteiger charge is 2.62. The van der Waals surface area contributed by atoms with E-state index in [0.29, 0.717) is 5.75 Å². The molecule has 7 heteroatoms. The number of rotatable bonds is 6. The summed E-state index contributed by atoms with van der Waals surface area (Å²) in [5.41, 5.74) is 2.25. The Hall–Kier alpha value is -3.19. The highest BCUT2D eigenvalue weighted by atomic mass is 32.2. The van der Waals surface area contributed by atoms with Crippen LogP contribution in [0.15, 0.2) is 65.6 Å². The third-order valence-electron chi connectivity index (χ3n) is 8.94. The molecule has 1 aliphatic heterocycles. The maximum atomic E-state index is 13.4. The number of hydrogen-bond donors (Lipinski definition) is 0. The Morgan fingerprint density at radius 2 is 1.47 bits per heavy atom. The fourth-order valence-electron chi connectivity index (χ4n) is 7.25. The van der Waals surface area contributed by atoms with Crippen molar-refractivity contribution in [3.05, 3.63) is 77.4 Å². The van der Waals surface area contributed by atoms with Gasteiger partial charge < -0.3 is 18.4 Å². The van der Waals surface area contributed by atoms with E-state index < -0.39 is 15.7 Å². The summed E-state index contributed by atoms with van der Waals surface area (Å²) < 4.78 is 50.9. The monoisotopic (exact) mass is 534 g/mol. The molecular formula is C31H34O6S. The molecule has 6 nitrogen and oxygen atoms in total. The fourth-order valence-corrected chi connectivity index (χ4v) is 8.19. The van der Waals surface area contributed by atoms with Gasteiger partial charge in [-0.15, -0.1) is 0 Å². The van der Waals surface area contributed by atoms with E-state index in [9.17, 15) is 8.42 Å². The van der Waals surface area contributed by atoms with Gasteiger partial charge in [0.2, 0.25) is 0 Å². The van der Waals surface area contributed by atoms with Crippen molar-refractivity contribution in [1.82, 2.24) is 0 Å². The van der Waals surface area contributed by atoms with Gasteiger partial charge in [-0.2, -0.15) is 8.42 Å². The Morgan fingerprint density at radius 1 is 0.816 bits per heavy atom. The van der Waals surface area contributed by atoms with Gasteiger partial charge in [0, 0.05) is 34.6 Å². The molecule has 2 saturated carbocycles. The summed E-state index contributed by atoms with van der Waals surface area (Å²) in [5, 5.41) is 0. The lowest BCUT2D eigenvalue weighted by Gasteiger charge is -2.51. The van der Waals surface area contributed by atoms with Crippen LogP contribution >= 0.6 is 0 Å². The second-order valence-corrected chi connectivity index (χ2v) is 12.4. The van der Waals surface area contributed by atoms with Crippen molar-refractivity contribution in [2.45, 2.75) is 67.8 Å². The molecule has 6 rings (SSSR count). The van der Waals surface area contributed by atoms with Crippen LogP contribution in [0.4, 0.5) is 0 Å². The molecule has 1 heterocycles. The van der Waals surface area contributed by atoms with Crippen LogP contribution in [0, 0.1) is 12.8 Å². The molecule has 2 fully saturated rings. The van der Waals surface area contributed by atoms with Crippen LogP contribution < -0.4 is 18.4 Å². The molecule has 0 radical (unpaired) electrons. The fraction of sp³-hybridized carbons (Fsp3) is 0.419. The van der Waals surface area contributed by atoms with Crippen molar-refractivity contribution < 1.29 is 26.8 Å². The molecule has 2 atom stereocenters. The van der Waals surface area contributed by atoms with Gasteiger partial charge in [0.1, 0.15) is 27.7 Å². The zero-order chi connectivity index (χ0) is 26.5. The van der Waals surface area contributed by atoms with E-state index in [2.05, 4.69) is 6.07 Å². The average Bonchev–Trinajstić information content (AvgIpc) is 3.57. The first kappa shape index (κ1) is 25.1. The third kappa shape index (κ3) is 3.85. The number of ether oxygens (including phenoxy) is 3. The SMILES string of the molecule is COc1ccc2c(c1)O[C@]1(c3ccc(OC)cc3OS(=O)(=O)c3ccc(C)cc3)CCC[C@@H]1C21CCCC1. The Kier molecular flexibility index (Phi) is 6.10. The van der Waals surface area contributed by atoms with Gasteiger partial charge in [0.05, 0.1) is 14.2 Å². The maximum Gasteiger partial charge on any atom is 0.339 e. The molecule has 3 aromatic rings. The molecule has 0 amide bonds. The summed E-state index contributed by atoms with van der Waals surface area (Å²) in [5.74, 6) is 2.57. The highest BCUT2D eigenvalue weighted by Crippen LogP contribution is 2.66. The highest BCUT2D eigenvalue weighted by molar-refractivity contribution is 7.87. The second kappa shape index (κ2) is 9.23. The normalized spacial score (nSPS) is 23.4. The molecule has 0 N–H and O–H groups in total. The smallest absolute Gasteiger partial charge is 0.339 e. The Morgan fingerprint density at radius 3 is 2.16 bits per heavy atom. The minimum atomic E-state index is -4.08. The van der Waals surface area contributed by atoms with E-state index >= 15 is 0 Å². The summed E-state index contributed by atoms with van der Waals surface area (Å²) in [6, 6.07) is 18.4. The van der Waals surface area contributed by atoms with Crippen LogP contribution in [-0.4, -0.2) is 22.6 Å². The Labute approximate surface area is 225 Å². The maximum absolute atomic E-state index is 13.4. The van der Waals surface area contributed by atoms with Crippen molar-refractivity contribution in [3.8, 4) is 23.0 Å². The Balaban J connectivity index is 1.52. The van der Waals surface area contributed by atoms with Crippen molar-refractivity contribution in [1.29, 1.82) is 0 Å². The Bertz CT molecular complexity index is 1460. The van der Waals surface area contributed by atoms with Gasteiger partial charge >= 0.3 is 10.1 Å². The standard InChI is InChI=1S/C31H34O6S/c1-21-8-12-24(13-9-21)38(32,33)37-28-20-23(35-3)11-15-26(28)31-18-6-7-29(31)30(16-4-5-17-30)25-14-10-22(34-2)19-27(25)36-31/h8-15,19-20,29H,4-7,16-18H2,1-3H3/t29-,31+/m1/s1. The van der Waals surface area contributed by atoms with Crippen molar-refractivity contribution in [2.24, 2.45) is 5.92 Å². The predicted molar refractivity (Wildman–Crippen MR) is 145 cm³/mol. The molecule has 2 aliphatic carbocycles. The van der Waals surface area contributed by atoms with E-state index in [1.54, 1.807) is 44.6 Å². The zero-order valence-electron chi connectivity index (χ0n) is 22.2. The van der Waals surface area contributed by atoms with Crippen LogP contribution in [0.5, 0.6) is 23.0 Å². The lowest BCUT2D eigenvalue weighted by Crippen LogP contribution is -2.51. The number of benzene rings is 3. The summed E-state index contributed by atoms with van der Waals surface area (Å²) in [4.78, 5) is 0.115. The molecule has 1 spiro atoms. The average molecular weight is 535 g/mol. The largest absolute Gasteiger partial charge is 0.497 e. The second-order valence-electron chi connectivity index (χ2n) is 10.9. The van der Waals surface area contributed by atoms with Crippen LogP contribution in [0.2, 0.25) is 0 Å². The lowest BCUT2D eigenvalue weighted by molar-refractivity contribution is -0.0360. The van der Waals surface area contributed by atoms with Crippen molar-refractivity contribution >= 4 is 10.1 Å². The first-order valence-corrected chi connectivity index (χ1v) is 14.8. The van der Waals surface area contributed by atoms with Gasteiger partial charge in [-0.3, -0.25) is 0 Å².